The Morgan fingerprint density at radius 2 is 0.895 bits per heavy atom. The van der Waals surface area contributed by atoms with Crippen LogP contribution < -0.4 is 4.89 Å². The van der Waals surface area contributed by atoms with E-state index in [1.54, 1.807) is 0 Å². The monoisotopic (exact) mass is 828 g/mol. The van der Waals surface area contributed by atoms with Gasteiger partial charge in [-0.15, -0.1) is 0 Å². The SMILES string of the molecule is CCCCCCCC/C=C\CCCCCCCCCC(=O)OC[C@H](COP(=O)([O-])OCC[N+](C)(C)C)OC(=O)CCCCCCC/C=C\CCCCCCCCC. The lowest BCUT2D eigenvalue weighted by molar-refractivity contribution is -0.870. The molecule has 0 N–H and O–H groups in total. The number of nitrogens with zero attached hydrogens (tertiary/aromatic N) is 1. The van der Waals surface area contributed by atoms with Crippen molar-refractivity contribution in [3.05, 3.63) is 24.3 Å². The largest absolute Gasteiger partial charge is 0.756 e. The average Bonchev–Trinajstić information content (AvgIpc) is 3.16. The summed E-state index contributed by atoms with van der Waals surface area (Å²) in [5.41, 5.74) is 0. The second-order valence-electron chi connectivity index (χ2n) is 17.1. The molecule has 10 heteroatoms. The van der Waals surface area contributed by atoms with Crippen molar-refractivity contribution in [2.24, 2.45) is 0 Å². The quantitative estimate of drug-likeness (QED) is 0.0196. The Morgan fingerprint density at radius 1 is 0.526 bits per heavy atom. The number of hydrogen-bond donors (Lipinski definition) is 0. The van der Waals surface area contributed by atoms with Crippen molar-refractivity contribution < 1.29 is 42.1 Å². The Balaban J connectivity index is 4.32. The summed E-state index contributed by atoms with van der Waals surface area (Å²) in [7, 11) is 1.16. The number of ether oxygens (including phenoxy) is 2. The minimum absolute atomic E-state index is 0.0318. The van der Waals surface area contributed by atoms with E-state index in [4.69, 9.17) is 18.5 Å². The summed E-state index contributed by atoms with van der Waals surface area (Å²) in [6, 6.07) is 0. The van der Waals surface area contributed by atoms with Gasteiger partial charge in [-0.2, -0.15) is 0 Å². The third kappa shape index (κ3) is 43.9. The molecule has 0 aromatic rings. The zero-order valence-corrected chi connectivity index (χ0v) is 38.7. The molecule has 0 rings (SSSR count). The lowest BCUT2D eigenvalue weighted by Crippen LogP contribution is -2.37. The molecule has 0 heterocycles. The van der Waals surface area contributed by atoms with Crippen LogP contribution in [0, 0.1) is 0 Å². The van der Waals surface area contributed by atoms with E-state index in [0.717, 1.165) is 64.2 Å². The summed E-state index contributed by atoms with van der Waals surface area (Å²) < 4.78 is 33.9. The van der Waals surface area contributed by atoms with Gasteiger partial charge in [-0.05, 0) is 64.2 Å². The van der Waals surface area contributed by atoms with Gasteiger partial charge in [0.1, 0.15) is 19.8 Å². The number of phosphoric acid groups is 1. The van der Waals surface area contributed by atoms with Gasteiger partial charge in [-0.1, -0.05) is 160 Å². The molecule has 57 heavy (non-hydrogen) atoms. The summed E-state index contributed by atoms with van der Waals surface area (Å²) >= 11 is 0. The number of phosphoric ester groups is 1. The van der Waals surface area contributed by atoms with Crippen LogP contribution in [0.1, 0.15) is 213 Å². The Labute approximate surface area is 351 Å². The van der Waals surface area contributed by atoms with Crippen molar-refractivity contribution in [3.8, 4) is 0 Å². The van der Waals surface area contributed by atoms with E-state index < -0.39 is 26.5 Å². The summed E-state index contributed by atoms with van der Waals surface area (Å²) in [5.74, 6) is -0.843. The number of likely N-dealkylation sites (N-methyl/N-ethyl adjacent to an activating group) is 1. The molecule has 336 valence electrons. The smallest absolute Gasteiger partial charge is 0.306 e. The minimum Gasteiger partial charge on any atom is -0.756 e. The van der Waals surface area contributed by atoms with Crippen LogP contribution in [0.2, 0.25) is 0 Å². The first kappa shape index (κ1) is 55.5. The Kier molecular flexibility index (Phi) is 38.9. The third-order valence-electron chi connectivity index (χ3n) is 10.2. The van der Waals surface area contributed by atoms with E-state index in [9.17, 15) is 19.0 Å². The molecule has 0 aliphatic carbocycles. The van der Waals surface area contributed by atoms with Crippen LogP contribution in [0.25, 0.3) is 0 Å². The van der Waals surface area contributed by atoms with Crippen LogP contribution >= 0.6 is 7.82 Å². The highest BCUT2D eigenvalue weighted by atomic mass is 31.2. The summed E-state index contributed by atoms with van der Waals surface area (Å²) in [5, 5.41) is 0. The number of rotatable bonds is 43. The van der Waals surface area contributed by atoms with Crippen LogP contribution in [0.3, 0.4) is 0 Å². The normalized spacial score (nSPS) is 13.7. The van der Waals surface area contributed by atoms with E-state index in [-0.39, 0.29) is 32.0 Å². The van der Waals surface area contributed by atoms with Gasteiger partial charge in [-0.3, -0.25) is 14.2 Å². The van der Waals surface area contributed by atoms with Crippen molar-refractivity contribution in [3.63, 3.8) is 0 Å². The van der Waals surface area contributed by atoms with Crippen LogP contribution in [0.5, 0.6) is 0 Å². The second-order valence-corrected chi connectivity index (χ2v) is 18.5. The predicted molar refractivity (Wildman–Crippen MR) is 236 cm³/mol. The van der Waals surface area contributed by atoms with Gasteiger partial charge in [0, 0.05) is 12.8 Å². The Hall–Kier alpha value is -1.51. The first-order valence-electron chi connectivity index (χ1n) is 23.5. The van der Waals surface area contributed by atoms with Crippen LogP contribution in [0.4, 0.5) is 0 Å². The maximum absolute atomic E-state index is 12.7. The molecule has 0 aliphatic heterocycles. The molecule has 0 aromatic carbocycles. The summed E-state index contributed by atoms with van der Waals surface area (Å²) in [4.78, 5) is 37.6. The molecule has 0 aromatic heterocycles. The van der Waals surface area contributed by atoms with E-state index in [2.05, 4.69) is 38.2 Å². The molecule has 0 fully saturated rings. The highest BCUT2D eigenvalue weighted by Crippen LogP contribution is 2.38. The van der Waals surface area contributed by atoms with Crippen molar-refractivity contribution in [2.45, 2.75) is 219 Å². The van der Waals surface area contributed by atoms with Crippen LogP contribution in [-0.4, -0.2) is 70.0 Å². The molecule has 0 amide bonds. The topological polar surface area (TPSA) is 111 Å². The highest BCUT2D eigenvalue weighted by Gasteiger charge is 2.21. The molecule has 1 unspecified atom stereocenters. The van der Waals surface area contributed by atoms with Gasteiger partial charge in [0.05, 0.1) is 27.7 Å². The minimum atomic E-state index is -4.63. The first-order valence-corrected chi connectivity index (χ1v) is 25.0. The summed E-state index contributed by atoms with van der Waals surface area (Å²) in [6.07, 6.45) is 43.4. The number of esters is 2. The van der Waals surface area contributed by atoms with E-state index >= 15 is 0 Å². The van der Waals surface area contributed by atoms with E-state index in [1.807, 2.05) is 21.1 Å². The summed E-state index contributed by atoms with van der Waals surface area (Å²) in [6.45, 7) is 4.22. The van der Waals surface area contributed by atoms with Crippen molar-refractivity contribution in [1.29, 1.82) is 0 Å². The van der Waals surface area contributed by atoms with Crippen molar-refractivity contribution >= 4 is 19.8 Å². The first-order chi connectivity index (χ1) is 27.5. The maximum atomic E-state index is 12.7. The lowest BCUT2D eigenvalue weighted by Gasteiger charge is -2.28. The number of hydrogen-bond acceptors (Lipinski definition) is 8. The fraction of sp³-hybridized carbons (Fsp3) is 0.872. The molecule has 2 atom stereocenters. The molecular weight excluding hydrogens is 737 g/mol. The van der Waals surface area contributed by atoms with Crippen LogP contribution in [0.15, 0.2) is 24.3 Å². The molecule has 9 nitrogen and oxygen atoms in total. The average molecular weight is 828 g/mol. The molecular formula is C47H90NO8P. The number of carbonyl (C=O) groups excluding carboxylic acids is 2. The predicted octanol–water partition coefficient (Wildman–Crippen LogP) is 12.9. The third-order valence-corrected chi connectivity index (χ3v) is 11.2. The zero-order chi connectivity index (χ0) is 42.1. The maximum Gasteiger partial charge on any atom is 0.306 e. The molecule has 0 saturated heterocycles. The van der Waals surface area contributed by atoms with Gasteiger partial charge in [0.25, 0.3) is 7.82 Å². The zero-order valence-electron chi connectivity index (χ0n) is 37.8. The molecule has 0 saturated carbocycles. The number of allylic oxidation sites excluding steroid dienone is 4. The lowest BCUT2D eigenvalue weighted by atomic mass is 10.1. The Morgan fingerprint density at radius 3 is 1.30 bits per heavy atom. The van der Waals surface area contributed by atoms with Gasteiger partial charge in [0.15, 0.2) is 6.10 Å². The Bertz CT molecular complexity index is 1030. The van der Waals surface area contributed by atoms with Gasteiger partial charge >= 0.3 is 11.9 Å². The van der Waals surface area contributed by atoms with Gasteiger partial charge < -0.3 is 27.9 Å². The van der Waals surface area contributed by atoms with E-state index in [1.165, 1.54) is 116 Å². The van der Waals surface area contributed by atoms with E-state index in [0.29, 0.717) is 17.4 Å². The standard InChI is InChI=1S/C47H90NO8P/c1-6-8-10-12-14-16-18-20-22-24-26-27-29-31-33-35-37-39-46(49)53-43-45(44-55-57(51,52)54-42-41-48(3,4)5)56-47(50)40-38-36-34-32-30-28-25-23-21-19-17-15-13-11-9-7-2/h20,22-23,25,45H,6-19,21,24,26-44H2,1-5H3/b22-20-,25-23-/t45-/m1/s1. The number of quaternary nitrogens is 1. The second kappa shape index (κ2) is 39.9. The molecule has 0 radical (unpaired) electrons. The molecule has 0 aliphatic rings. The van der Waals surface area contributed by atoms with Crippen LogP contribution in [-0.2, 0) is 32.7 Å². The highest BCUT2D eigenvalue weighted by molar-refractivity contribution is 7.45. The molecule has 0 bridgehead atoms. The number of unbranched alkanes of at least 4 members (excludes halogenated alkanes) is 25. The van der Waals surface area contributed by atoms with Crippen molar-refractivity contribution in [2.75, 3.05) is 47.5 Å². The van der Waals surface area contributed by atoms with Crippen molar-refractivity contribution in [1.82, 2.24) is 0 Å². The van der Waals surface area contributed by atoms with Gasteiger partial charge in [-0.25, -0.2) is 0 Å². The fourth-order valence-corrected chi connectivity index (χ4v) is 7.20. The fourth-order valence-electron chi connectivity index (χ4n) is 6.47. The van der Waals surface area contributed by atoms with Gasteiger partial charge in [0.2, 0.25) is 0 Å². The number of carbonyl (C=O) groups is 2. The molecule has 0 spiro atoms.